The third-order valence-corrected chi connectivity index (χ3v) is 5.48. The summed E-state index contributed by atoms with van der Waals surface area (Å²) in [5, 5.41) is 7.11. The molecule has 3 rings (SSSR count). The molecule has 1 saturated carbocycles. The van der Waals surface area contributed by atoms with Crippen LogP contribution in [0.4, 0.5) is 24.9 Å². The maximum absolute atomic E-state index is 12.6. The topological polar surface area (TPSA) is 70.2 Å². The van der Waals surface area contributed by atoms with Crippen LogP contribution in [0.2, 0.25) is 0 Å². The van der Waals surface area contributed by atoms with Crippen molar-refractivity contribution in [3.8, 4) is 0 Å². The summed E-state index contributed by atoms with van der Waals surface area (Å²) in [4.78, 5) is 23.1. The van der Waals surface area contributed by atoms with E-state index in [9.17, 15) is 18.0 Å². The number of benzene rings is 1. The second kappa shape index (κ2) is 9.06. The molecule has 0 bridgehead atoms. The number of fused-ring (bicyclic) bond motifs is 1. The number of para-hydroxylation sites is 1. The fourth-order valence-corrected chi connectivity index (χ4v) is 3.71. The zero-order valence-corrected chi connectivity index (χ0v) is 17.5. The smallest absolute Gasteiger partial charge is 0.362 e. The van der Waals surface area contributed by atoms with Gasteiger partial charge in [-0.3, -0.25) is 4.79 Å². The zero-order chi connectivity index (χ0) is 21.9. The van der Waals surface area contributed by atoms with Crippen LogP contribution in [0, 0.1) is 5.92 Å². The summed E-state index contributed by atoms with van der Waals surface area (Å²) in [7, 11) is 3.87. The minimum absolute atomic E-state index is 0.0918. The van der Waals surface area contributed by atoms with Crippen LogP contribution >= 0.6 is 0 Å². The Morgan fingerprint density at radius 2 is 1.77 bits per heavy atom. The SMILES string of the molecule is CC(CC(=O)N[C@H]1CC[C@@H](Nc2nc(N(C)C)c3ccccc3n2)CC1)C(F)(F)F. The van der Waals surface area contributed by atoms with Crippen molar-refractivity contribution in [1.82, 2.24) is 15.3 Å². The van der Waals surface area contributed by atoms with E-state index >= 15 is 0 Å². The van der Waals surface area contributed by atoms with E-state index < -0.39 is 24.4 Å². The lowest BCUT2D eigenvalue weighted by Gasteiger charge is -2.30. The molecule has 1 aliphatic carbocycles. The van der Waals surface area contributed by atoms with Crippen molar-refractivity contribution in [3.05, 3.63) is 24.3 Å². The molecule has 1 unspecified atom stereocenters. The number of halogens is 3. The van der Waals surface area contributed by atoms with Gasteiger partial charge in [0.25, 0.3) is 0 Å². The highest BCUT2D eigenvalue weighted by atomic mass is 19.4. The quantitative estimate of drug-likeness (QED) is 0.731. The van der Waals surface area contributed by atoms with Crippen LogP contribution in [0.3, 0.4) is 0 Å². The first-order chi connectivity index (χ1) is 14.1. The highest BCUT2D eigenvalue weighted by Crippen LogP contribution is 2.29. The summed E-state index contributed by atoms with van der Waals surface area (Å²) in [6, 6.07) is 7.89. The van der Waals surface area contributed by atoms with Gasteiger partial charge in [0.15, 0.2) is 0 Å². The second-order valence-electron chi connectivity index (χ2n) is 8.19. The van der Waals surface area contributed by atoms with Gasteiger partial charge in [0.05, 0.1) is 11.4 Å². The van der Waals surface area contributed by atoms with E-state index in [1.54, 1.807) is 0 Å². The number of rotatable bonds is 6. The molecule has 0 radical (unpaired) electrons. The van der Waals surface area contributed by atoms with Crippen molar-refractivity contribution >= 4 is 28.6 Å². The monoisotopic (exact) mass is 423 g/mol. The molecular weight excluding hydrogens is 395 g/mol. The number of nitrogens with zero attached hydrogens (tertiary/aromatic N) is 3. The molecule has 2 aromatic rings. The Morgan fingerprint density at radius 3 is 2.40 bits per heavy atom. The average Bonchev–Trinajstić information content (AvgIpc) is 2.68. The van der Waals surface area contributed by atoms with Gasteiger partial charge >= 0.3 is 6.18 Å². The van der Waals surface area contributed by atoms with E-state index in [1.165, 1.54) is 0 Å². The van der Waals surface area contributed by atoms with Crippen molar-refractivity contribution in [1.29, 1.82) is 0 Å². The molecule has 1 aliphatic rings. The van der Waals surface area contributed by atoms with Gasteiger partial charge in [-0.2, -0.15) is 18.2 Å². The van der Waals surface area contributed by atoms with Gasteiger partial charge in [-0.15, -0.1) is 0 Å². The number of amides is 1. The van der Waals surface area contributed by atoms with Crippen molar-refractivity contribution in [2.24, 2.45) is 5.92 Å². The number of aromatic nitrogens is 2. The Bertz CT molecular complexity index is 879. The van der Waals surface area contributed by atoms with Crippen molar-refractivity contribution in [2.45, 2.75) is 57.3 Å². The summed E-state index contributed by atoms with van der Waals surface area (Å²) >= 11 is 0. The molecule has 0 spiro atoms. The highest BCUT2D eigenvalue weighted by Gasteiger charge is 2.37. The summed E-state index contributed by atoms with van der Waals surface area (Å²) in [5.41, 5.74) is 0.860. The van der Waals surface area contributed by atoms with Crippen LogP contribution in [0.1, 0.15) is 39.0 Å². The Kier molecular flexibility index (Phi) is 6.67. The molecule has 164 valence electrons. The van der Waals surface area contributed by atoms with Gasteiger partial charge in [-0.1, -0.05) is 19.1 Å². The molecule has 2 N–H and O–H groups in total. The van der Waals surface area contributed by atoms with E-state index in [4.69, 9.17) is 0 Å². The predicted molar refractivity (Wildman–Crippen MR) is 112 cm³/mol. The van der Waals surface area contributed by atoms with Crippen LogP contribution in [-0.2, 0) is 4.79 Å². The minimum atomic E-state index is -4.34. The van der Waals surface area contributed by atoms with E-state index in [0.29, 0.717) is 18.8 Å². The Balaban J connectivity index is 1.55. The third-order valence-electron chi connectivity index (χ3n) is 5.48. The molecule has 1 amide bonds. The number of alkyl halides is 3. The summed E-state index contributed by atoms with van der Waals surface area (Å²) in [6.45, 7) is 1.03. The van der Waals surface area contributed by atoms with Gasteiger partial charge in [0.1, 0.15) is 5.82 Å². The lowest BCUT2D eigenvalue weighted by molar-refractivity contribution is -0.174. The Hall–Kier alpha value is -2.58. The summed E-state index contributed by atoms with van der Waals surface area (Å²) < 4.78 is 37.9. The number of hydrogen-bond donors (Lipinski definition) is 2. The lowest BCUT2D eigenvalue weighted by Crippen LogP contribution is -2.41. The molecule has 1 heterocycles. The van der Waals surface area contributed by atoms with Gasteiger partial charge in [-0.25, -0.2) is 4.98 Å². The van der Waals surface area contributed by atoms with E-state index in [-0.39, 0.29) is 12.1 Å². The predicted octanol–water partition coefficient (Wildman–Crippen LogP) is 4.12. The van der Waals surface area contributed by atoms with Crippen LogP contribution < -0.4 is 15.5 Å². The van der Waals surface area contributed by atoms with Gasteiger partial charge in [-0.05, 0) is 37.8 Å². The second-order valence-corrected chi connectivity index (χ2v) is 8.19. The van der Waals surface area contributed by atoms with Crippen LogP contribution in [-0.4, -0.2) is 48.2 Å². The molecule has 30 heavy (non-hydrogen) atoms. The molecular formula is C21H28F3N5O. The van der Waals surface area contributed by atoms with Crippen molar-refractivity contribution in [3.63, 3.8) is 0 Å². The summed E-state index contributed by atoms with van der Waals surface area (Å²) in [6.07, 6.45) is -1.89. The first-order valence-corrected chi connectivity index (χ1v) is 10.2. The fourth-order valence-electron chi connectivity index (χ4n) is 3.71. The fraction of sp³-hybridized carbons (Fsp3) is 0.571. The number of nitrogens with one attached hydrogen (secondary N) is 2. The largest absolute Gasteiger partial charge is 0.392 e. The van der Waals surface area contributed by atoms with Crippen molar-refractivity contribution in [2.75, 3.05) is 24.3 Å². The minimum Gasteiger partial charge on any atom is -0.362 e. The molecule has 1 aromatic carbocycles. The molecule has 1 aromatic heterocycles. The van der Waals surface area contributed by atoms with E-state index in [0.717, 1.165) is 36.5 Å². The maximum atomic E-state index is 12.6. The lowest BCUT2D eigenvalue weighted by atomic mass is 9.91. The first kappa shape index (κ1) is 22.1. The Labute approximate surface area is 174 Å². The average molecular weight is 423 g/mol. The number of hydrogen-bond acceptors (Lipinski definition) is 5. The zero-order valence-electron chi connectivity index (χ0n) is 17.5. The first-order valence-electron chi connectivity index (χ1n) is 10.2. The standard InChI is InChI=1S/C21H28F3N5O/c1-13(21(22,23)24)12-18(30)25-14-8-10-15(11-9-14)26-20-27-17-7-5-4-6-16(17)19(28-20)29(2)3/h4-7,13-15H,8-12H2,1-3H3,(H,25,30)(H,26,27,28)/t13?,14-,15+. The van der Waals surface area contributed by atoms with Crippen LogP contribution in [0.5, 0.6) is 0 Å². The van der Waals surface area contributed by atoms with Gasteiger partial charge in [0, 0.05) is 38.0 Å². The molecule has 6 nitrogen and oxygen atoms in total. The number of carbonyl (C=O) groups excluding carboxylic acids is 1. The highest BCUT2D eigenvalue weighted by molar-refractivity contribution is 5.90. The maximum Gasteiger partial charge on any atom is 0.392 e. The molecule has 0 aliphatic heterocycles. The third kappa shape index (κ3) is 5.52. The molecule has 9 heteroatoms. The van der Waals surface area contributed by atoms with Crippen molar-refractivity contribution < 1.29 is 18.0 Å². The normalized spacial score (nSPS) is 20.6. The molecule has 0 saturated heterocycles. The van der Waals surface area contributed by atoms with Gasteiger partial charge in [0.2, 0.25) is 11.9 Å². The number of anilines is 2. The van der Waals surface area contributed by atoms with E-state index in [2.05, 4.69) is 20.6 Å². The number of carbonyl (C=O) groups is 1. The summed E-state index contributed by atoms with van der Waals surface area (Å²) in [5.74, 6) is -0.775. The Morgan fingerprint density at radius 1 is 1.13 bits per heavy atom. The van der Waals surface area contributed by atoms with E-state index in [1.807, 2.05) is 43.3 Å². The van der Waals surface area contributed by atoms with Gasteiger partial charge < -0.3 is 15.5 Å². The van der Waals surface area contributed by atoms with Crippen LogP contribution in [0.15, 0.2) is 24.3 Å². The van der Waals surface area contributed by atoms with Crippen LogP contribution in [0.25, 0.3) is 10.9 Å². The molecule has 1 atom stereocenters. The molecule has 1 fully saturated rings.